The molecule has 1 heterocycles. The van der Waals surface area contributed by atoms with E-state index in [1.165, 1.54) is 0 Å². The van der Waals surface area contributed by atoms with E-state index in [0.29, 0.717) is 38.5 Å². The second-order valence-corrected chi connectivity index (χ2v) is 5.54. The van der Waals surface area contributed by atoms with Crippen LogP contribution in [0.25, 0.3) is 0 Å². The third-order valence-corrected chi connectivity index (χ3v) is 4.21. The van der Waals surface area contributed by atoms with E-state index >= 15 is 0 Å². The zero-order valence-corrected chi connectivity index (χ0v) is 11.0. The smallest absolute Gasteiger partial charge is 0.259 e. The summed E-state index contributed by atoms with van der Waals surface area (Å²) >= 11 is 0. The average Bonchev–Trinajstić information content (AvgIpc) is 2.07. The lowest BCUT2D eigenvalue weighted by Crippen LogP contribution is -2.34. The van der Waals surface area contributed by atoms with Crippen LogP contribution in [0.2, 0.25) is 0 Å². The molecule has 0 unspecified atom stereocenters. The molecule has 0 amide bonds. The first-order valence-corrected chi connectivity index (χ1v) is 6.68. The molecule has 90 valence electrons. The fourth-order valence-electron chi connectivity index (χ4n) is 1.59. The molecule has 4 nitrogen and oxygen atoms in total. The predicted molar refractivity (Wildman–Crippen MR) is 61.8 cm³/mol. The summed E-state index contributed by atoms with van der Waals surface area (Å²) in [5.41, 5.74) is 0. The van der Waals surface area contributed by atoms with Crippen molar-refractivity contribution in [2.75, 3.05) is 26.4 Å². The van der Waals surface area contributed by atoms with Crippen molar-refractivity contribution >= 4 is 8.53 Å². The van der Waals surface area contributed by atoms with Gasteiger partial charge in [-0.1, -0.05) is 0 Å². The third kappa shape index (κ3) is 4.33. The van der Waals surface area contributed by atoms with Crippen LogP contribution in [-0.2, 0) is 13.8 Å². The van der Waals surface area contributed by atoms with E-state index in [0.717, 1.165) is 0 Å². The molecule has 0 N–H and O–H groups in total. The van der Waals surface area contributed by atoms with Crippen molar-refractivity contribution in [1.29, 1.82) is 0 Å². The zero-order valence-electron chi connectivity index (χ0n) is 10.1. The molecular formula is C10H22NO3P. The van der Waals surface area contributed by atoms with Gasteiger partial charge in [-0.05, 0) is 27.7 Å². The minimum atomic E-state index is -0.904. The third-order valence-electron chi connectivity index (χ3n) is 2.11. The standard InChI is InChI=1S/C10H22NO3P/c1-9(2)11(10(3)4)15-13-7-5-12-6-8-14-15/h9-10H,5-8H2,1-4H3. The van der Waals surface area contributed by atoms with E-state index in [1.807, 2.05) is 0 Å². The van der Waals surface area contributed by atoms with Gasteiger partial charge >= 0.3 is 0 Å². The Hall–Kier alpha value is 0.270. The Morgan fingerprint density at radius 2 is 1.33 bits per heavy atom. The molecule has 0 aromatic carbocycles. The lowest BCUT2D eigenvalue weighted by molar-refractivity contribution is 0.0404. The van der Waals surface area contributed by atoms with Gasteiger partial charge in [0.25, 0.3) is 8.53 Å². The van der Waals surface area contributed by atoms with E-state index in [9.17, 15) is 0 Å². The topological polar surface area (TPSA) is 30.9 Å². The van der Waals surface area contributed by atoms with Crippen molar-refractivity contribution < 1.29 is 13.8 Å². The Bertz CT molecular complexity index is 162. The van der Waals surface area contributed by atoms with Crippen LogP contribution in [-0.4, -0.2) is 43.2 Å². The van der Waals surface area contributed by atoms with Crippen molar-refractivity contribution in [2.24, 2.45) is 0 Å². The minimum absolute atomic E-state index is 0.441. The summed E-state index contributed by atoms with van der Waals surface area (Å²) in [7, 11) is -0.904. The summed E-state index contributed by atoms with van der Waals surface area (Å²) in [6.07, 6.45) is 0. The van der Waals surface area contributed by atoms with Gasteiger partial charge in [0.2, 0.25) is 0 Å². The quantitative estimate of drug-likeness (QED) is 0.703. The summed E-state index contributed by atoms with van der Waals surface area (Å²) in [6, 6.07) is 0.882. The molecule has 5 heteroatoms. The van der Waals surface area contributed by atoms with Crippen LogP contribution < -0.4 is 0 Å². The molecule has 15 heavy (non-hydrogen) atoms. The maximum Gasteiger partial charge on any atom is 0.259 e. The van der Waals surface area contributed by atoms with Crippen molar-refractivity contribution in [3.05, 3.63) is 0 Å². The molecule has 0 spiro atoms. The van der Waals surface area contributed by atoms with Crippen LogP contribution in [0.4, 0.5) is 0 Å². The van der Waals surface area contributed by atoms with Gasteiger partial charge in [-0.3, -0.25) is 0 Å². The monoisotopic (exact) mass is 235 g/mol. The predicted octanol–water partition coefficient (Wildman–Crippen LogP) is 2.40. The van der Waals surface area contributed by atoms with Gasteiger partial charge in [0.15, 0.2) is 0 Å². The molecule has 1 aliphatic heterocycles. The first-order valence-electron chi connectivity index (χ1n) is 5.55. The molecule has 1 saturated heterocycles. The van der Waals surface area contributed by atoms with Crippen molar-refractivity contribution in [3.63, 3.8) is 0 Å². The van der Waals surface area contributed by atoms with Gasteiger partial charge in [-0.25, -0.2) is 4.67 Å². The molecule has 1 aliphatic rings. The van der Waals surface area contributed by atoms with Gasteiger partial charge in [0.1, 0.15) is 0 Å². The number of hydrogen-bond donors (Lipinski definition) is 0. The van der Waals surface area contributed by atoms with Crippen LogP contribution in [0.5, 0.6) is 0 Å². The molecule has 0 aromatic heterocycles. The second-order valence-electron chi connectivity index (χ2n) is 4.08. The molecular weight excluding hydrogens is 213 g/mol. The first kappa shape index (κ1) is 13.3. The Morgan fingerprint density at radius 1 is 0.867 bits per heavy atom. The Kier molecular flexibility index (Phi) is 6.02. The average molecular weight is 235 g/mol. The van der Waals surface area contributed by atoms with E-state index in [4.69, 9.17) is 13.8 Å². The Balaban J connectivity index is 2.55. The lowest BCUT2D eigenvalue weighted by Gasteiger charge is -2.36. The SMILES string of the molecule is CC(C)N(C(C)C)P1OCCOCCO1. The maximum atomic E-state index is 5.71. The fraction of sp³-hybridized carbons (Fsp3) is 1.00. The van der Waals surface area contributed by atoms with Crippen molar-refractivity contribution in [1.82, 2.24) is 4.67 Å². The van der Waals surface area contributed by atoms with Crippen LogP contribution in [0.3, 0.4) is 0 Å². The van der Waals surface area contributed by atoms with Crippen molar-refractivity contribution in [3.8, 4) is 0 Å². The molecule has 0 atom stereocenters. The highest BCUT2D eigenvalue weighted by molar-refractivity contribution is 7.44. The molecule has 0 radical (unpaired) electrons. The van der Waals surface area contributed by atoms with E-state index in [-0.39, 0.29) is 0 Å². The maximum absolute atomic E-state index is 5.71. The first-order chi connectivity index (χ1) is 7.13. The normalized spacial score (nSPS) is 21.0. The molecule has 0 aliphatic carbocycles. The summed E-state index contributed by atoms with van der Waals surface area (Å²) in [5.74, 6) is 0. The number of rotatable bonds is 3. The second kappa shape index (κ2) is 6.77. The highest BCUT2D eigenvalue weighted by Gasteiger charge is 2.27. The van der Waals surface area contributed by atoms with E-state index in [1.54, 1.807) is 0 Å². The lowest BCUT2D eigenvalue weighted by atomic mass is 10.3. The van der Waals surface area contributed by atoms with Crippen LogP contribution in [0.1, 0.15) is 27.7 Å². The van der Waals surface area contributed by atoms with Crippen LogP contribution in [0.15, 0.2) is 0 Å². The van der Waals surface area contributed by atoms with Gasteiger partial charge in [0.05, 0.1) is 26.4 Å². The Morgan fingerprint density at radius 3 is 1.73 bits per heavy atom. The van der Waals surface area contributed by atoms with Gasteiger partial charge in [0, 0.05) is 12.1 Å². The summed E-state index contributed by atoms with van der Waals surface area (Å²) in [6.45, 7) is 11.3. The fourth-order valence-corrected chi connectivity index (χ4v) is 3.15. The number of hydrogen-bond acceptors (Lipinski definition) is 4. The number of ether oxygens (including phenoxy) is 1. The summed E-state index contributed by atoms with van der Waals surface area (Å²) in [5, 5.41) is 0. The Labute approximate surface area is 93.8 Å². The van der Waals surface area contributed by atoms with E-state index < -0.39 is 8.53 Å². The molecule has 0 aromatic rings. The minimum Gasteiger partial charge on any atom is -0.377 e. The van der Waals surface area contributed by atoms with Crippen molar-refractivity contribution in [2.45, 2.75) is 39.8 Å². The van der Waals surface area contributed by atoms with Gasteiger partial charge < -0.3 is 13.8 Å². The molecule has 0 saturated carbocycles. The van der Waals surface area contributed by atoms with Crippen LogP contribution >= 0.6 is 8.53 Å². The molecule has 1 fully saturated rings. The largest absolute Gasteiger partial charge is 0.377 e. The summed E-state index contributed by atoms with van der Waals surface area (Å²) < 4.78 is 19.0. The summed E-state index contributed by atoms with van der Waals surface area (Å²) in [4.78, 5) is 0. The molecule has 1 rings (SSSR count). The zero-order chi connectivity index (χ0) is 11.3. The number of nitrogens with zero attached hydrogens (tertiary/aromatic N) is 1. The molecule has 0 bridgehead atoms. The highest BCUT2D eigenvalue weighted by Crippen LogP contribution is 2.45. The van der Waals surface area contributed by atoms with Gasteiger partial charge in [-0.2, -0.15) is 0 Å². The van der Waals surface area contributed by atoms with E-state index in [2.05, 4.69) is 32.4 Å². The highest BCUT2D eigenvalue weighted by atomic mass is 31.2. The van der Waals surface area contributed by atoms with Crippen LogP contribution in [0, 0.1) is 0 Å². The van der Waals surface area contributed by atoms with Gasteiger partial charge in [-0.15, -0.1) is 0 Å².